The predicted molar refractivity (Wildman–Crippen MR) is 82.5 cm³/mol. The molecule has 0 radical (unpaired) electrons. The molecule has 0 saturated carbocycles. The highest BCUT2D eigenvalue weighted by Gasteiger charge is 2.32. The summed E-state index contributed by atoms with van der Waals surface area (Å²) in [7, 11) is 1.59. The molecule has 5 nitrogen and oxygen atoms in total. The van der Waals surface area contributed by atoms with E-state index < -0.39 is 0 Å². The van der Waals surface area contributed by atoms with Crippen molar-refractivity contribution in [2.24, 2.45) is 0 Å². The number of ether oxygens (including phenoxy) is 1. The van der Waals surface area contributed by atoms with Crippen LogP contribution in [0.4, 0.5) is 5.69 Å². The number of hydrogen-bond donors (Lipinski definition) is 1. The molecule has 2 heterocycles. The van der Waals surface area contributed by atoms with Crippen LogP contribution in [0, 0.1) is 0 Å². The number of nitrogens with two attached hydrogens (primary N) is 1. The molecule has 2 aliphatic rings. The van der Waals surface area contributed by atoms with Crippen LogP contribution in [-0.4, -0.2) is 55.0 Å². The molecule has 5 heteroatoms. The number of nitrogens with zero attached hydrogens (tertiary/aromatic N) is 2. The summed E-state index contributed by atoms with van der Waals surface area (Å²) in [6, 6.07) is 5.79. The molecule has 0 spiro atoms. The van der Waals surface area contributed by atoms with Gasteiger partial charge in [-0.1, -0.05) is 0 Å². The highest BCUT2D eigenvalue weighted by Crippen LogP contribution is 2.25. The van der Waals surface area contributed by atoms with Crippen LogP contribution in [0.2, 0.25) is 0 Å². The number of amides is 1. The first-order valence-corrected chi connectivity index (χ1v) is 7.66. The summed E-state index contributed by atoms with van der Waals surface area (Å²) >= 11 is 0. The first-order valence-electron chi connectivity index (χ1n) is 7.66. The molecule has 2 N–H and O–H groups in total. The largest absolute Gasteiger partial charge is 0.497 e. The van der Waals surface area contributed by atoms with Gasteiger partial charge in [-0.15, -0.1) is 0 Å². The summed E-state index contributed by atoms with van der Waals surface area (Å²) < 4.78 is 5.13. The molecule has 1 aromatic rings. The number of likely N-dealkylation sites (tertiary alicyclic amines) is 2. The van der Waals surface area contributed by atoms with Gasteiger partial charge in [0.1, 0.15) is 5.75 Å². The van der Waals surface area contributed by atoms with Crippen molar-refractivity contribution < 1.29 is 9.53 Å². The maximum atomic E-state index is 12.6. The lowest BCUT2D eigenvalue weighted by Gasteiger charge is -2.24. The minimum atomic E-state index is 0.0388. The highest BCUT2D eigenvalue weighted by atomic mass is 16.5. The van der Waals surface area contributed by atoms with E-state index in [1.54, 1.807) is 25.3 Å². The van der Waals surface area contributed by atoms with Crippen molar-refractivity contribution >= 4 is 11.6 Å². The fraction of sp³-hybridized carbons (Fsp3) is 0.562. The summed E-state index contributed by atoms with van der Waals surface area (Å²) in [5.74, 6) is 0.720. The van der Waals surface area contributed by atoms with Crippen LogP contribution in [0.3, 0.4) is 0 Å². The van der Waals surface area contributed by atoms with Crippen LogP contribution in [0.15, 0.2) is 18.2 Å². The van der Waals surface area contributed by atoms with E-state index in [-0.39, 0.29) is 5.91 Å². The molecule has 1 aromatic carbocycles. The molecular formula is C16H23N3O2. The molecule has 21 heavy (non-hydrogen) atoms. The molecule has 3 rings (SSSR count). The van der Waals surface area contributed by atoms with E-state index in [1.165, 1.54) is 25.9 Å². The SMILES string of the molecule is COc1ccc(C(=O)N2CCC(N3CCCC3)C2)c(N)c1. The lowest BCUT2D eigenvalue weighted by molar-refractivity contribution is 0.0781. The summed E-state index contributed by atoms with van der Waals surface area (Å²) in [5, 5.41) is 0. The average Bonchev–Trinajstić information content (AvgIpc) is 3.17. The molecule has 2 aliphatic heterocycles. The Morgan fingerprint density at radius 3 is 2.71 bits per heavy atom. The number of methoxy groups -OCH3 is 1. The van der Waals surface area contributed by atoms with Crippen molar-refractivity contribution in [1.29, 1.82) is 0 Å². The quantitative estimate of drug-likeness (QED) is 0.859. The summed E-state index contributed by atoms with van der Waals surface area (Å²) in [6.45, 7) is 4.00. The van der Waals surface area contributed by atoms with Gasteiger partial charge in [-0.05, 0) is 44.5 Å². The topological polar surface area (TPSA) is 58.8 Å². The maximum Gasteiger partial charge on any atom is 0.256 e. The molecule has 2 fully saturated rings. The van der Waals surface area contributed by atoms with Gasteiger partial charge < -0.3 is 15.4 Å². The molecule has 114 valence electrons. The van der Waals surface area contributed by atoms with Crippen molar-refractivity contribution in [2.75, 3.05) is 39.0 Å². The van der Waals surface area contributed by atoms with Gasteiger partial charge in [-0.25, -0.2) is 0 Å². The minimum Gasteiger partial charge on any atom is -0.497 e. The van der Waals surface area contributed by atoms with Crippen LogP contribution in [0.1, 0.15) is 29.6 Å². The van der Waals surface area contributed by atoms with Crippen LogP contribution >= 0.6 is 0 Å². The Morgan fingerprint density at radius 1 is 1.29 bits per heavy atom. The van der Waals surface area contributed by atoms with Gasteiger partial charge in [-0.3, -0.25) is 9.69 Å². The van der Waals surface area contributed by atoms with E-state index in [2.05, 4.69) is 4.90 Å². The number of anilines is 1. The molecule has 0 aliphatic carbocycles. The first kappa shape index (κ1) is 14.2. The van der Waals surface area contributed by atoms with E-state index in [0.717, 1.165) is 19.5 Å². The summed E-state index contributed by atoms with van der Waals surface area (Å²) in [6.07, 6.45) is 3.65. The molecule has 0 bridgehead atoms. The van der Waals surface area contributed by atoms with Crippen LogP contribution in [-0.2, 0) is 0 Å². The fourth-order valence-electron chi connectivity index (χ4n) is 3.36. The van der Waals surface area contributed by atoms with Crippen LogP contribution in [0.25, 0.3) is 0 Å². The lowest BCUT2D eigenvalue weighted by atomic mass is 10.1. The maximum absolute atomic E-state index is 12.6. The second-order valence-corrected chi connectivity index (χ2v) is 5.89. The summed E-state index contributed by atoms with van der Waals surface area (Å²) in [5.41, 5.74) is 7.06. The monoisotopic (exact) mass is 289 g/mol. The van der Waals surface area contributed by atoms with Gasteiger partial charge in [0.25, 0.3) is 5.91 Å². The Bertz CT molecular complexity index is 526. The first-order chi connectivity index (χ1) is 10.2. The van der Waals surface area contributed by atoms with E-state index in [4.69, 9.17) is 10.5 Å². The highest BCUT2D eigenvalue weighted by molar-refractivity contribution is 5.99. The van der Waals surface area contributed by atoms with Crippen molar-refractivity contribution in [3.8, 4) is 5.75 Å². The average molecular weight is 289 g/mol. The Labute approximate surface area is 125 Å². The number of carbonyl (C=O) groups excluding carboxylic acids is 1. The second kappa shape index (κ2) is 5.93. The van der Waals surface area contributed by atoms with Crippen molar-refractivity contribution in [3.63, 3.8) is 0 Å². The lowest BCUT2D eigenvalue weighted by Crippen LogP contribution is -2.37. The zero-order chi connectivity index (χ0) is 14.8. The van der Waals surface area contributed by atoms with E-state index in [9.17, 15) is 4.79 Å². The van der Waals surface area contributed by atoms with Gasteiger partial charge in [0.2, 0.25) is 0 Å². The molecule has 0 aromatic heterocycles. The third-order valence-electron chi connectivity index (χ3n) is 4.60. The number of benzene rings is 1. The number of rotatable bonds is 3. The Hall–Kier alpha value is -1.75. The van der Waals surface area contributed by atoms with Gasteiger partial charge in [0.05, 0.1) is 12.7 Å². The van der Waals surface area contributed by atoms with E-state index in [1.807, 2.05) is 4.90 Å². The second-order valence-electron chi connectivity index (χ2n) is 5.89. The van der Waals surface area contributed by atoms with E-state index in [0.29, 0.717) is 23.0 Å². The fourth-order valence-corrected chi connectivity index (χ4v) is 3.36. The Morgan fingerprint density at radius 2 is 2.05 bits per heavy atom. The Balaban J connectivity index is 1.68. The number of carbonyl (C=O) groups is 1. The normalized spacial score (nSPS) is 22.7. The predicted octanol–water partition coefficient (Wildman–Crippen LogP) is 1.59. The minimum absolute atomic E-state index is 0.0388. The third-order valence-corrected chi connectivity index (χ3v) is 4.60. The molecule has 1 amide bonds. The van der Waals surface area contributed by atoms with Crippen molar-refractivity contribution in [3.05, 3.63) is 23.8 Å². The number of hydrogen-bond acceptors (Lipinski definition) is 4. The van der Waals surface area contributed by atoms with Gasteiger partial charge in [0.15, 0.2) is 0 Å². The van der Waals surface area contributed by atoms with Crippen LogP contribution in [0.5, 0.6) is 5.75 Å². The standard InChI is InChI=1S/C16H23N3O2/c1-21-13-4-5-14(15(17)10-13)16(20)19-9-6-12(11-19)18-7-2-3-8-18/h4-5,10,12H,2-3,6-9,11,17H2,1H3. The molecular weight excluding hydrogens is 266 g/mol. The Kier molecular flexibility index (Phi) is 4.01. The van der Waals surface area contributed by atoms with Gasteiger partial charge in [0, 0.05) is 30.9 Å². The van der Waals surface area contributed by atoms with Gasteiger partial charge >= 0.3 is 0 Å². The third kappa shape index (κ3) is 2.83. The van der Waals surface area contributed by atoms with E-state index >= 15 is 0 Å². The molecule has 1 atom stereocenters. The summed E-state index contributed by atoms with van der Waals surface area (Å²) in [4.78, 5) is 17.1. The van der Waals surface area contributed by atoms with Crippen molar-refractivity contribution in [2.45, 2.75) is 25.3 Å². The molecule has 1 unspecified atom stereocenters. The number of nitrogen functional groups attached to an aromatic ring is 1. The smallest absolute Gasteiger partial charge is 0.256 e. The van der Waals surface area contributed by atoms with Crippen LogP contribution < -0.4 is 10.5 Å². The van der Waals surface area contributed by atoms with Gasteiger partial charge in [-0.2, -0.15) is 0 Å². The zero-order valence-corrected chi connectivity index (χ0v) is 12.5. The zero-order valence-electron chi connectivity index (χ0n) is 12.5. The molecule has 2 saturated heterocycles. The van der Waals surface area contributed by atoms with Crippen molar-refractivity contribution in [1.82, 2.24) is 9.80 Å².